The molecule has 1 fully saturated rings. The fourth-order valence-corrected chi connectivity index (χ4v) is 2.33. The molecule has 1 atom stereocenters. The number of aromatic nitrogens is 1. The lowest BCUT2D eigenvalue weighted by Crippen LogP contribution is -2.51. The first kappa shape index (κ1) is 14.4. The molecule has 20 heavy (non-hydrogen) atoms. The smallest absolute Gasteiger partial charge is 0.272 e. The number of halogens is 1. The van der Waals surface area contributed by atoms with Crippen LogP contribution in [0.2, 0.25) is 0 Å². The number of nitriles is 1. The highest BCUT2D eigenvalue weighted by Crippen LogP contribution is 2.11. The van der Waals surface area contributed by atoms with Crippen LogP contribution >= 0.6 is 0 Å². The maximum absolute atomic E-state index is 12.8. The summed E-state index contributed by atoms with van der Waals surface area (Å²) >= 11 is 0. The predicted octanol–water partition coefficient (Wildman–Crippen LogP) is 1.28. The lowest BCUT2D eigenvalue weighted by molar-refractivity contribution is 0.0599. The zero-order valence-electron chi connectivity index (χ0n) is 11.4. The van der Waals surface area contributed by atoms with Crippen LogP contribution in [0.1, 0.15) is 23.8 Å². The predicted molar refractivity (Wildman–Crippen MR) is 71.4 cm³/mol. The maximum atomic E-state index is 12.8. The van der Waals surface area contributed by atoms with Crippen molar-refractivity contribution in [1.29, 1.82) is 5.26 Å². The van der Waals surface area contributed by atoms with Crippen molar-refractivity contribution in [3.63, 3.8) is 0 Å². The second-order valence-electron chi connectivity index (χ2n) is 4.74. The lowest BCUT2D eigenvalue weighted by Gasteiger charge is -2.36. The van der Waals surface area contributed by atoms with E-state index >= 15 is 0 Å². The molecule has 1 aliphatic rings. The molecule has 1 saturated heterocycles. The third-order valence-corrected chi connectivity index (χ3v) is 3.52. The molecule has 5 nitrogen and oxygen atoms in total. The summed E-state index contributed by atoms with van der Waals surface area (Å²) in [6.07, 6.45) is 1.83. The third-order valence-electron chi connectivity index (χ3n) is 3.52. The first-order valence-corrected chi connectivity index (χ1v) is 6.70. The van der Waals surface area contributed by atoms with E-state index in [1.54, 1.807) is 4.90 Å². The van der Waals surface area contributed by atoms with Gasteiger partial charge in [0.2, 0.25) is 0 Å². The van der Waals surface area contributed by atoms with Crippen molar-refractivity contribution in [3.8, 4) is 6.07 Å². The van der Waals surface area contributed by atoms with E-state index in [0.717, 1.165) is 12.6 Å². The highest BCUT2D eigenvalue weighted by molar-refractivity contribution is 5.92. The molecule has 0 aliphatic carbocycles. The molecule has 2 heterocycles. The number of carbonyl (C=O) groups is 1. The summed E-state index contributed by atoms with van der Waals surface area (Å²) in [6.45, 7) is 4.47. The van der Waals surface area contributed by atoms with Gasteiger partial charge in [0.1, 0.15) is 11.5 Å². The van der Waals surface area contributed by atoms with Crippen molar-refractivity contribution in [2.45, 2.75) is 19.4 Å². The topological polar surface area (TPSA) is 60.2 Å². The van der Waals surface area contributed by atoms with Gasteiger partial charge in [-0.25, -0.2) is 9.37 Å². The van der Waals surface area contributed by atoms with Gasteiger partial charge >= 0.3 is 0 Å². The Morgan fingerprint density at radius 1 is 1.45 bits per heavy atom. The second-order valence-corrected chi connectivity index (χ2v) is 4.74. The molecular weight excluding hydrogens is 259 g/mol. The SMILES string of the molecule is CCC(C#N)N1CCN(C(=O)c2ccc(F)cn2)CC1. The van der Waals surface area contributed by atoms with E-state index in [1.807, 2.05) is 6.92 Å². The van der Waals surface area contributed by atoms with Crippen LogP contribution in [0.5, 0.6) is 0 Å². The highest BCUT2D eigenvalue weighted by Gasteiger charge is 2.26. The van der Waals surface area contributed by atoms with E-state index in [1.165, 1.54) is 12.1 Å². The maximum Gasteiger partial charge on any atom is 0.272 e. The van der Waals surface area contributed by atoms with Gasteiger partial charge in [0.15, 0.2) is 0 Å². The van der Waals surface area contributed by atoms with E-state index in [2.05, 4.69) is 16.0 Å². The molecule has 1 unspecified atom stereocenters. The molecule has 6 heteroatoms. The van der Waals surface area contributed by atoms with Gasteiger partial charge in [0.25, 0.3) is 5.91 Å². The van der Waals surface area contributed by atoms with Gasteiger partial charge in [-0.15, -0.1) is 0 Å². The summed E-state index contributed by atoms with van der Waals surface area (Å²) in [5.74, 6) is -0.638. The number of hydrogen-bond donors (Lipinski definition) is 0. The van der Waals surface area contributed by atoms with Crippen LogP contribution in [0, 0.1) is 17.1 Å². The number of nitrogens with zero attached hydrogens (tertiary/aromatic N) is 4. The zero-order chi connectivity index (χ0) is 14.5. The van der Waals surface area contributed by atoms with Gasteiger partial charge in [0.05, 0.1) is 18.3 Å². The summed E-state index contributed by atoms with van der Waals surface area (Å²) in [4.78, 5) is 19.8. The second kappa shape index (κ2) is 6.44. The summed E-state index contributed by atoms with van der Waals surface area (Å²) in [5.41, 5.74) is 0.257. The Labute approximate surface area is 117 Å². The van der Waals surface area contributed by atoms with Crippen molar-refractivity contribution in [2.75, 3.05) is 26.2 Å². The Morgan fingerprint density at radius 2 is 2.15 bits per heavy atom. The van der Waals surface area contributed by atoms with Crippen LogP contribution in [-0.2, 0) is 0 Å². The Bertz CT molecular complexity index is 503. The Morgan fingerprint density at radius 3 is 2.65 bits per heavy atom. The molecule has 0 spiro atoms. The molecule has 0 saturated carbocycles. The molecule has 106 valence electrons. The monoisotopic (exact) mass is 276 g/mol. The standard InChI is InChI=1S/C14H17FN4O/c1-2-12(9-16)18-5-7-19(8-6-18)14(20)13-4-3-11(15)10-17-13/h3-4,10,12H,2,5-8H2,1H3. The van der Waals surface area contributed by atoms with Gasteiger partial charge in [0, 0.05) is 26.2 Å². The van der Waals surface area contributed by atoms with Gasteiger partial charge < -0.3 is 4.90 Å². The minimum Gasteiger partial charge on any atom is -0.335 e. The summed E-state index contributed by atoms with van der Waals surface area (Å²) in [5, 5.41) is 9.04. The van der Waals surface area contributed by atoms with Crippen LogP contribution in [0.15, 0.2) is 18.3 Å². The minimum absolute atomic E-state index is 0.0869. The molecule has 1 amide bonds. The number of rotatable bonds is 3. The van der Waals surface area contributed by atoms with E-state index in [4.69, 9.17) is 5.26 Å². The lowest BCUT2D eigenvalue weighted by atomic mass is 10.1. The molecule has 0 radical (unpaired) electrons. The van der Waals surface area contributed by atoms with Crippen LogP contribution < -0.4 is 0 Å². The van der Waals surface area contributed by atoms with Crippen molar-refractivity contribution < 1.29 is 9.18 Å². The molecule has 2 rings (SSSR count). The molecule has 1 aromatic heterocycles. The minimum atomic E-state index is -0.453. The van der Waals surface area contributed by atoms with Crippen LogP contribution in [0.25, 0.3) is 0 Å². The first-order valence-electron chi connectivity index (χ1n) is 6.70. The fraction of sp³-hybridized carbons (Fsp3) is 0.500. The molecule has 1 aromatic rings. The number of pyridine rings is 1. The van der Waals surface area contributed by atoms with Gasteiger partial charge in [-0.3, -0.25) is 9.69 Å². The van der Waals surface area contributed by atoms with Crippen LogP contribution in [0.3, 0.4) is 0 Å². The number of carbonyl (C=O) groups excluding carboxylic acids is 1. The third kappa shape index (κ3) is 3.11. The molecule has 1 aliphatic heterocycles. The average Bonchev–Trinajstić information content (AvgIpc) is 2.49. The number of piperazine rings is 1. The molecular formula is C14H17FN4O. The van der Waals surface area contributed by atoms with Gasteiger partial charge in [-0.2, -0.15) is 5.26 Å². The molecule has 0 N–H and O–H groups in total. The number of amides is 1. The quantitative estimate of drug-likeness (QED) is 0.834. The zero-order valence-corrected chi connectivity index (χ0v) is 11.4. The van der Waals surface area contributed by atoms with E-state index in [9.17, 15) is 9.18 Å². The fourth-order valence-electron chi connectivity index (χ4n) is 2.33. The first-order chi connectivity index (χ1) is 9.65. The Hall–Kier alpha value is -2.00. The van der Waals surface area contributed by atoms with Crippen LogP contribution in [-0.4, -0.2) is 52.9 Å². The average molecular weight is 276 g/mol. The summed E-state index contributed by atoms with van der Waals surface area (Å²) < 4.78 is 12.8. The normalized spacial score (nSPS) is 17.6. The van der Waals surface area contributed by atoms with Crippen molar-refractivity contribution in [3.05, 3.63) is 29.8 Å². The largest absolute Gasteiger partial charge is 0.335 e. The Balaban J connectivity index is 1.95. The van der Waals surface area contributed by atoms with E-state index in [-0.39, 0.29) is 17.6 Å². The van der Waals surface area contributed by atoms with E-state index < -0.39 is 5.82 Å². The Kier molecular flexibility index (Phi) is 4.64. The highest BCUT2D eigenvalue weighted by atomic mass is 19.1. The van der Waals surface area contributed by atoms with Crippen molar-refractivity contribution in [1.82, 2.24) is 14.8 Å². The van der Waals surface area contributed by atoms with Crippen molar-refractivity contribution >= 4 is 5.91 Å². The van der Waals surface area contributed by atoms with Gasteiger partial charge in [-0.1, -0.05) is 6.92 Å². The summed E-state index contributed by atoms with van der Waals surface area (Å²) in [7, 11) is 0. The van der Waals surface area contributed by atoms with Crippen LogP contribution in [0.4, 0.5) is 4.39 Å². The summed E-state index contributed by atoms with van der Waals surface area (Å²) in [6, 6.07) is 4.82. The van der Waals surface area contributed by atoms with Crippen molar-refractivity contribution in [2.24, 2.45) is 0 Å². The van der Waals surface area contributed by atoms with E-state index in [0.29, 0.717) is 26.2 Å². The number of hydrogen-bond acceptors (Lipinski definition) is 4. The van der Waals surface area contributed by atoms with Gasteiger partial charge in [-0.05, 0) is 18.6 Å². The molecule has 0 bridgehead atoms. The molecule has 0 aromatic carbocycles.